The van der Waals surface area contributed by atoms with Gasteiger partial charge in [-0.1, -0.05) is 0 Å². The first kappa shape index (κ1) is 16.8. The van der Waals surface area contributed by atoms with Crippen LogP contribution < -0.4 is 22.1 Å². The van der Waals surface area contributed by atoms with Gasteiger partial charge in [-0.15, -0.1) is 0 Å². The molecule has 0 bridgehead atoms. The molecule has 0 amide bonds. The van der Waals surface area contributed by atoms with Crippen molar-refractivity contribution in [3.8, 4) is 0 Å². The zero-order valence-electron chi connectivity index (χ0n) is 14.5. The second-order valence-corrected chi connectivity index (χ2v) is 6.85. The van der Waals surface area contributed by atoms with Gasteiger partial charge >= 0.3 is 5.69 Å². The number of aromatic amines is 1. The summed E-state index contributed by atoms with van der Waals surface area (Å²) >= 11 is 0. The summed E-state index contributed by atoms with van der Waals surface area (Å²) < 4.78 is 8.01. The molecule has 2 N–H and O–H groups in total. The van der Waals surface area contributed by atoms with Gasteiger partial charge in [0.15, 0.2) is 0 Å². The Hall–Kier alpha value is -2.68. The van der Waals surface area contributed by atoms with Gasteiger partial charge in [0.25, 0.3) is 11.1 Å². The van der Waals surface area contributed by atoms with E-state index >= 15 is 0 Å². The number of rotatable bonds is 3. The van der Waals surface area contributed by atoms with Crippen LogP contribution in [0.25, 0.3) is 0 Å². The molecule has 0 spiro atoms. The van der Waals surface area contributed by atoms with E-state index in [1.165, 1.54) is 17.8 Å². The summed E-state index contributed by atoms with van der Waals surface area (Å²) in [5.74, 6) is 0.310. The molecule has 4 rings (SSSR count). The molecule has 0 radical (unpaired) electrons. The number of nitrogens with zero attached hydrogens (tertiary/aromatic N) is 3. The Bertz CT molecular complexity index is 974. The molecule has 9 nitrogen and oxygen atoms in total. The Balaban J connectivity index is 1.64. The summed E-state index contributed by atoms with van der Waals surface area (Å²) in [5.41, 5.74) is 0.959. The molecular formula is C17H21N5O4. The molecule has 1 saturated heterocycles. The normalized spacial score (nSPS) is 22.2. The van der Waals surface area contributed by atoms with Crippen LogP contribution in [-0.2, 0) is 24.6 Å². The van der Waals surface area contributed by atoms with Crippen LogP contribution in [0.4, 0.5) is 5.82 Å². The van der Waals surface area contributed by atoms with Crippen molar-refractivity contribution in [2.24, 2.45) is 7.05 Å². The molecule has 2 aromatic rings. The minimum absolute atomic E-state index is 0.148. The number of hydrogen-bond acceptors (Lipinski definition) is 6. The van der Waals surface area contributed by atoms with E-state index in [0.717, 1.165) is 41.5 Å². The standard InChI is InChI=1S/C17H21N5O4/c1-21-15(23)7-14(19-17(21)25)18-12-8-26-9-13(12)22-16(24)6-10-4-2-3-5-11(10)20-22/h6-7,12-13,18H,2-5,8-9H2,1H3,(H,19,25). The maximum atomic E-state index is 12.5. The second kappa shape index (κ2) is 6.56. The van der Waals surface area contributed by atoms with Crippen LogP contribution in [0.2, 0.25) is 0 Å². The number of fused-ring (bicyclic) bond motifs is 1. The number of nitrogens with one attached hydrogen (secondary N) is 2. The Labute approximate surface area is 148 Å². The smallest absolute Gasteiger partial charge is 0.329 e. The Morgan fingerprint density at radius 1 is 1.15 bits per heavy atom. The number of H-pyrrole nitrogens is 1. The molecule has 26 heavy (non-hydrogen) atoms. The lowest BCUT2D eigenvalue weighted by molar-refractivity contribution is 0.182. The molecule has 0 saturated carbocycles. The van der Waals surface area contributed by atoms with E-state index in [1.807, 2.05) is 0 Å². The molecule has 1 aliphatic carbocycles. The average molecular weight is 359 g/mol. The topological polar surface area (TPSA) is 111 Å². The zero-order chi connectivity index (χ0) is 18.3. The van der Waals surface area contributed by atoms with Gasteiger partial charge in [0.1, 0.15) is 11.9 Å². The molecule has 2 aromatic heterocycles. The third kappa shape index (κ3) is 2.98. The molecule has 2 atom stereocenters. The molecule has 1 fully saturated rings. The van der Waals surface area contributed by atoms with E-state index in [0.29, 0.717) is 19.0 Å². The van der Waals surface area contributed by atoms with E-state index in [2.05, 4.69) is 15.4 Å². The minimum Gasteiger partial charge on any atom is -0.377 e. The van der Waals surface area contributed by atoms with Crippen molar-refractivity contribution >= 4 is 5.82 Å². The van der Waals surface area contributed by atoms with E-state index < -0.39 is 11.2 Å². The number of anilines is 1. The fourth-order valence-corrected chi connectivity index (χ4v) is 3.57. The number of aryl methyl sites for hydroxylation is 2. The van der Waals surface area contributed by atoms with Gasteiger partial charge in [-0.25, -0.2) is 9.48 Å². The van der Waals surface area contributed by atoms with Gasteiger partial charge in [0.2, 0.25) is 0 Å². The number of hydrogen-bond donors (Lipinski definition) is 2. The van der Waals surface area contributed by atoms with Crippen LogP contribution in [-0.4, -0.2) is 38.6 Å². The summed E-state index contributed by atoms with van der Waals surface area (Å²) in [5, 5.41) is 7.69. The van der Waals surface area contributed by atoms with E-state index in [1.54, 1.807) is 6.07 Å². The summed E-state index contributed by atoms with van der Waals surface area (Å²) in [6.07, 6.45) is 3.94. The van der Waals surface area contributed by atoms with Gasteiger partial charge in [-0.2, -0.15) is 5.10 Å². The number of ether oxygens (including phenoxy) is 1. The summed E-state index contributed by atoms with van der Waals surface area (Å²) in [7, 11) is 1.41. The second-order valence-electron chi connectivity index (χ2n) is 6.85. The van der Waals surface area contributed by atoms with Crippen LogP contribution in [0, 0.1) is 0 Å². The predicted octanol–water partition coefficient (Wildman–Crippen LogP) is -0.439. The van der Waals surface area contributed by atoms with E-state index in [9.17, 15) is 14.4 Å². The highest BCUT2D eigenvalue weighted by molar-refractivity contribution is 5.34. The lowest BCUT2D eigenvalue weighted by atomic mass is 9.97. The van der Waals surface area contributed by atoms with Crippen molar-refractivity contribution in [2.45, 2.75) is 37.8 Å². The third-order valence-corrected chi connectivity index (χ3v) is 5.08. The summed E-state index contributed by atoms with van der Waals surface area (Å²) in [6, 6.07) is 2.42. The van der Waals surface area contributed by atoms with Crippen LogP contribution in [0.15, 0.2) is 26.5 Å². The fourth-order valence-electron chi connectivity index (χ4n) is 3.57. The van der Waals surface area contributed by atoms with Crippen molar-refractivity contribution in [2.75, 3.05) is 18.5 Å². The summed E-state index contributed by atoms with van der Waals surface area (Å²) in [6.45, 7) is 0.700. The monoisotopic (exact) mass is 359 g/mol. The van der Waals surface area contributed by atoms with Gasteiger partial charge in [-0.3, -0.25) is 19.1 Å². The van der Waals surface area contributed by atoms with E-state index in [4.69, 9.17) is 4.74 Å². The first-order valence-electron chi connectivity index (χ1n) is 8.79. The van der Waals surface area contributed by atoms with Crippen molar-refractivity contribution in [1.29, 1.82) is 0 Å². The quantitative estimate of drug-likeness (QED) is 0.769. The molecule has 9 heteroatoms. The first-order chi connectivity index (χ1) is 12.5. The van der Waals surface area contributed by atoms with Crippen LogP contribution in [0.3, 0.4) is 0 Å². The van der Waals surface area contributed by atoms with Gasteiger partial charge in [-0.05, 0) is 31.2 Å². The highest BCUT2D eigenvalue weighted by atomic mass is 16.5. The largest absolute Gasteiger partial charge is 0.377 e. The van der Waals surface area contributed by atoms with Crippen molar-refractivity contribution in [3.05, 3.63) is 54.6 Å². The highest BCUT2D eigenvalue weighted by Crippen LogP contribution is 2.22. The van der Waals surface area contributed by atoms with Crippen LogP contribution in [0.5, 0.6) is 0 Å². The zero-order valence-corrected chi connectivity index (χ0v) is 14.5. The fraction of sp³-hybridized carbons (Fsp3) is 0.529. The number of aromatic nitrogens is 4. The Morgan fingerprint density at radius 2 is 1.96 bits per heavy atom. The van der Waals surface area contributed by atoms with Gasteiger partial charge in [0.05, 0.1) is 24.9 Å². The average Bonchev–Trinajstić information content (AvgIpc) is 3.07. The minimum atomic E-state index is -0.500. The van der Waals surface area contributed by atoms with Gasteiger partial charge in [0, 0.05) is 19.2 Å². The lowest BCUT2D eigenvalue weighted by Crippen LogP contribution is -2.40. The van der Waals surface area contributed by atoms with Crippen LogP contribution >= 0.6 is 0 Å². The molecular weight excluding hydrogens is 338 g/mol. The Kier molecular flexibility index (Phi) is 4.23. The molecule has 2 aliphatic rings. The Morgan fingerprint density at radius 3 is 2.77 bits per heavy atom. The SMILES string of the molecule is Cn1c(=O)cc(NC2COCC2n2nc3c(cc2=O)CCCC3)[nH]c1=O. The third-order valence-electron chi connectivity index (χ3n) is 5.08. The highest BCUT2D eigenvalue weighted by Gasteiger charge is 2.32. The molecule has 1 aliphatic heterocycles. The summed E-state index contributed by atoms with van der Waals surface area (Å²) in [4.78, 5) is 38.7. The van der Waals surface area contributed by atoms with Crippen molar-refractivity contribution in [3.63, 3.8) is 0 Å². The predicted molar refractivity (Wildman–Crippen MR) is 94.7 cm³/mol. The maximum absolute atomic E-state index is 12.5. The molecule has 0 aromatic carbocycles. The lowest BCUT2D eigenvalue weighted by Gasteiger charge is -2.23. The van der Waals surface area contributed by atoms with Crippen molar-refractivity contribution < 1.29 is 4.74 Å². The first-order valence-corrected chi connectivity index (χ1v) is 8.79. The van der Waals surface area contributed by atoms with Gasteiger partial charge < -0.3 is 10.1 Å². The van der Waals surface area contributed by atoms with Crippen LogP contribution in [0.1, 0.15) is 30.1 Å². The van der Waals surface area contributed by atoms with Crippen molar-refractivity contribution in [1.82, 2.24) is 19.3 Å². The molecule has 3 heterocycles. The maximum Gasteiger partial charge on any atom is 0.329 e. The van der Waals surface area contributed by atoms with E-state index in [-0.39, 0.29) is 17.6 Å². The molecule has 2 unspecified atom stereocenters. The molecule has 138 valence electrons.